The minimum Gasteiger partial charge on any atom is -0.550 e. The fraction of sp³-hybridized carbons (Fsp3) is 0.500. The van der Waals surface area contributed by atoms with Crippen LogP contribution in [0.5, 0.6) is 0 Å². The summed E-state index contributed by atoms with van der Waals surface area (Å²) in [4.78, 5) is 24.0. The Morgan fingerprint density at radius 1 is 1.41 bits per heavy atom. The van der Waals surface area contributed by atoms with Crippen molar-refractivity contribution in [3.05, 3.63) is 23.7 Å². The van der Waals surface area contributed by atoms with Gasteiger partial charge in [-0.2, -0.15) is 0 Å². The van der Waals surface area contributed by atoms with E-state index in [0.717, 1.165) is 6.42 Å². The van der Waals surface area contributed by atoms with Crippen LogP contribution in [0.1, 0.15) is 35.9 Å². The highest BCUT2D eigenvalue weighted by molar-refractivity contribution is 5.95. The molecule has 5 nitrogen and oxygen atoms in total. The van der Waals surface area contributed by atoms with Gasteiger partial charge < -0.3 is 19.2 Å². The minimum absolute atomic E-state index is 0.150. The van der Waals surface area contributed by atoms with Gasteiger partial charge in [-0.15, -0.1) is 0 Å². The van der Waals surface area contributed by atoms with Crippen LogP contribution in [0.2, 0.25) is 0 Å². The molecule has 1 aromatic heterocycles. The molecule has 0 aliphatic rings. The van der Waals surface area contributed by atoms with Crippen LogP contribution in [0.25, 0.3) is 0 Å². The first kappa shape index (κ1) is 13.3. The van der Waals surface area contributed by atoms with E-state index in [9.17, 15) is 14.7 Å². The second-order valence-corrected chi connectivity index (χ2v) is 3.80. The van der Waals surface area contributed by atoms with E-state index in [0.29, 0.717) is 17.9 Å². The molecule has 0 saturated heterocycles. The number of aliphatic carboxylic acids is 1. The van der Waals surface area contributed by atoms with Crippen LogP contribution < -0.4 is 5.11 Å². The molecule has 0 atom stereocenters. The molecule has 0 aliphatic carbocycles. The minimum atomic E-state index is -1.15. The molecule has 1 amide bonds. The number of carboxylic acids is 1. The quantitative estimate of drug-likeness (QED) is 0.726. The Labute approximate surface area is 100 Å². The number of nitrogens with zero attached hydrogens (tertiary/aromatic N) is 1. The lowest BCUT2D eigenvalue weighted by Gasteiger charge is -2.22. The number of carboxylic acid groups (broad SMARTS) is 1. The van der Waals surface area contributed by atoms with Gasteiger partial charge in [0.05, 0.1) is 11.8 Å². The molecule has 0 saturated carbocycles. The summed E-state index contributed by atoms with van der Waals surface area (Å²) < 4.78 is 5.06. The van der Waals surface area contributed by atoms with Gasteiger partial charge in [0, 0.05) is 25.5 Å². The number of hydrogen-bond acceptors (Lipinski definition) is 4. The largest absolute Gasteiger partial charge is 0.550 e. The van der Waals surface area contributed by atoms with Crippen molar-refractivity contribution < 1.29 is 19.1 Å². The Morgan fingerprint density at radius 3 is 2.59 bits per heavy atom. The van der Waals surface area contributed by atoms with Crippen molar-refractivity contribution >= 4 is 11.9 Å². The van der Waals surface area contributed by atoms with Crippen LogP contribution in [0.4, 0.5) is 0 Å². The second kappa shape index (κ2) is 6.08. The molecule has 1 heterocycles. The molecule has 0 unspecified atom stereocenters. The van der Waals surface area contributed by atoms with Crippen LogP contribution >= 0.6 is 0 Å². The Morgan fingerprint density at radius 2 is 2.12 bits per heavy atom. The highest BCUT2D eigenvalue weighted by atomic mass is 16.4. The van der Waals surface area contributed by atoms with Crippen LogP contribution in [0, 0.1) is 6.92 Å². The predicted octanol–water partition coefficient (Wildman–Crippen LogP) is 0.580. The molecule has 0 spiro atoms. The molecule has 0 radical (unpaired) electrons. The van der Waals surface area contributed by atoms with Crippen molar-refractivity contribution in [3.8, 4) is 0 Å². The molecule has 0 aromatic carbocycles. The van der Waals surface area contributed by atoms with Gasteiger partial charge in [0.1, 0.15) is 5.76 Å². The monoisotopic (exact) mass is 238 g/mol. The molecule has 0 N–H and O–H groups in total. The van der Waals surface area contributed by atoms with Gasteiger partial charge in [-0.1, -0.05) is 6.92 Å². The Balaban J connectivity index is 2.73. The van der Waals surface area contributed by atoms with Crippen LogP contribution in [0.3, 0.4) is 0 Å². The average Bonchev–Trinajstić information content (AvgIpc) is 2.69. The van der Waals surface area contributed by atoms with E-state index in [1.807, 2.05) is 6.92 Å². The first-order chi connectivity index (χ1) is 8.06. The van der Waals surface area contributed by atoms with Crippen molar-refractivity contribution in [2.75, 3.05) is 13.1 Å². The maximum atomic E-state index is 12.1. The van der Waals surface area contributed by atoms with Gasteiger partial charge in [0.15, 0.2) is 0 Å². The molecule has 94 valence electrons. The number of furan rings is 1. The number of carbonyl (C=O) groups excluding carboxylic acids is 2. The normalized spacial score (nSPS) is 10.2. The number of carbonyl (C=O) groups is 2. The standard InChI is InChI=1S/C12H17NO4/c1-3-6-13(7-4-11(14)15)12(16)10-5-8-17-9(10)2/h5,8H,3-4,6-7H2,1-2H3,(H,14,15)/p-1. The summed E-state index contributed by atoms with van der Waals surface area (Å²) in [5.74, 6) is -0.799. The highest BCUT2D eigenvalue weighted by Crippen LogP contribution is 2.12. The summed E-state index contributed by atoms with van der Waals surface area (Å²) in [6.45, 7) is 4.33. The zero-order valence-corrected chi connectivity index (χ0v) is 10.1. The third-order valence-electron chi connectivity index (χ3n) is 2.46. The number of aryl methyl sites for hydroxylation is 1. The number of rotatable bonds is 6. The highest BCUT2D eigenvalue weighted by Gasteiger charge is 2.18. The summed E-state index contributed by atoms with van der Waals surface area (Å²) >= 11 is 0. The maximum absolute atomic E-state index is 12.1. The average molecular weight is 238 g/mol. The molecule has 0 fully saturated rings. The van der Waals surface area contributed by atoms with Crippen molar-refractivity contribution in [3.63, 3.8) is 0 Å². The van der Waals surface area contributed by atoms with Gasteiger partial charge in [-0.25, -0.2) is 0 Å². The lowest BCUT2D eigenvalue weighted by Crippen LogP contribution is -2.36. The van der Waals surface area contributed by atoms with Gasteiger partial charge in [-0.05, 0) is 19.4 Å². The lowest BCUT2D eigenvalue weighted by molar-refractivity contribution is -0.305. The van der Waals surface area contributed by atoms with E-state index in [1.54, 1.807) is 13.0 Å². The fourth-order valence-electron chi connectivity index (χ4n) is 1.59. The zero-order chi connectivity index (χ0) is 12.8. The summed E-state index contributed by atoms with van der Waals surface area (Å²) in [6.07, 6.45) is 2.07. The fourth-order valence-corrected chi connectivity index (χ4v) is 1.59. The second-order valence-electron chi connectivity index (χ2n) is 3.80. The Hall–Kier alpha value is -1.78. The lowest BCUT2D eigenvalue weighted by atomic mass is 10.2. The van der Waals surface area contributed by atoms with E-state index in [2.05, 4.69) is 0 Å². The molecule has 1 rings (SSSR count). The zero-order valence-electron chi connectivity index (χ0n) is 10.1. The van der Waals surface area contributed by atoms with E-state index in [1.165, 1.54) is 11.2 Å². The van der Waals surface area contributed by atoms with Gasteiger partial charge in [0.25, 0.3) is 5.91 Å². The summed E-state index contributed by atoms with van der Waals surface area (Å²) in [7, 11) is 0. The van der Waals surface area contributed by atoms with E-state index < -0.39 is 5.97 Å². The number of amides is 1. The van der Waals surface area contributed by atoms with Gasteiger partial charge in [-0.3, -0.25) is 4.79 Å². The van der Waals surface area contributed by atoms with Crippen molar-refractivity contribution in [1.82, 2.24) is 4.90 Å². The number of hydrogen-bond donors (Lipinski definition) is 0. The summed E-state index contributed by atoms with van der Waals surface area (Å²) in [6, 6.07) is 1.60. The topological polar surface area (TPSA) is 73.6 Å². The smallest absolute Gasteiger partial charge is 0.257 e. The van der Waals surface area contributed by atoms with Gasteiger partial charge >= 0.3 is 0 Å². The Bertz CT molecular complexity index is 397. The molecule has 17 heavy (non-hydrogen) atoms. The molecule has 0 bridgehead atoms. The molecular formula is C12H16NO4-. The molecular weight excluding hydrogens is 222 g/mol. The predicted molar refractivity (Wildman–Crippen MR) is 59.3 cm³/mol. The van der Waals surface area contributed by atoms with E-state index in [-0.39, 0.29) is 18.9 Å². The van der Waals surface area contributed by atoms with Crippen molar-refractivity contribution in [2.24, 2.45) is 0 Å². The first-order valence-electron chi connectivity index (χ1n) is 5.59. The molecule has 1 aromatic rings. The van der Waals surface area contributed by atoms with Crippen molar-refractivity contribution in [2.45, 2.75) is 26.7 Å². The Kier molecular flexibility index (Phi) is 4.75. The van der Waals surface area contributed by atoms with Crippen molar-refractivity contribution in [1.29, 1.82) is 0 Å². The summed E-state index contributed by atoms with van der Waals surface area (Å²) in [5.41, 5.74) is 0.483. The molecule has 0 aliphatic heterocycles. The first-order valence-corrected chi connectivity index (χ1v) is 5.59. The van der Waals surface area contributed by atoms with Crippen LogP contribution in [-0.4, -0.2) is 29.9 Å². The summed E-state index contributed by atoms with van der Waals surface area (Å²) in [5, 5.41) is 10.4. The third-order valence-corrected chi connectivity index (χ3v) is 2.46. The van der Waals surface area contributed by atoms with E-state index >= 15 is 0 Å². The SMILES string of the molecule is CCCN(CCC(=O)[O-])C(=O)c1ccoc1C. The third kappa shape index (κ3) is 3.62. The maximum Gasteiger partial charge on any atom is 0.257 e. The van der Waals surface area contributed by atoms with Crippen LogP contribution in [0.15, 0.2) is 16.7 Å². The van der Waals surface area contributed by atoms with Crippen LogP contribution in [-0.2, 0) is 4.79 Å². The van der Waals surface area contributed by atoms with E-state index in [4.69, 9.17) is 4.42 Å². The molecule has 5 heteroatoms. The van der Waals surface area contributed by atoms with Gasteiger partial charge in [0.2, 0.25) is 0 Å².